The van der Waals surface area contributed by atoms with Crippen LogP contribution in [-0.2, 0) is 16.6 Å². The fourth-order valence-corrected chi connectivity index (χ4v) is 3.05. The highest BCUT2D eigenvalue weighted by Crippen LogP contribution is 2.22. The predicted octanol–water partition coefficient (Wildman–Crippen LogP) is 2.87. The Hall–Kier alpha value is -2.37. The molecule has 12 heteroatoms. The number of amides is 1. The number of sulfonamides is 1. The Kier molecular flexibility index (Phi) is 7.44. The van der Waals surface area contributed by atoms with Crippen LogP contribution in [-0.4, -0.2) is 37.5 Å². The van der Waals surface area contributed by atoms with Gasteiger partial charge < -0.3 is 10.1 Å². The zero-order valence-corrected chi connectivity index (χ0v) is 16.6. The normalized spacial score (nSPS) is 13.0. The third kappa shape index (κ3) is 6.58. The number of nitrogens with zero attached hydrogens (tertiary/aromatic N) is 1. The molecule has 2 N–H and O–H groups in total. The molecule has 1 amide bonds. The molecule has 0 bridgehead atoms. The van der Waals surface area contributed by atoms with E-state index in [4.69, 9.17) is 16.3 Å². The highest BCUT2D eigenvalue weighted by molar-refractivity contribution is 7.90. The first-order valence-corrected chi connectivity index (χ1v) is 10.0. The fourth-order valence-electron chi connectivity index (χ4n) is 2.13. The van der Waals surface area contributed by atoms with Gasteiger partial charge in [0, 0.05) is 6.54 Å². The van der Waals surface area contributed by atoms with E-state index in [0.29, 0.717) is 0 Å². The topological polar surface area (TPSA) is 97.4 Å². The Labute approximate surface area is 170 Å². The number of hydrogen-bond donors (Lipinski definition) is 2. The molecule has 1 atom stereocenters. The summed E-state index contributed by atoms with van der Waals surface area (Å²) >= 11 is 5.93. The Bertz CT molecular complexity index is 956. The van der Waals surface area contributed by atoms with Crippen LogP contribution in [0.15, 0.2) is 42.6 Å². The van der Waals surface area contributed by atoms with Gasteiger partial charge in [-0.3, -0.25) is 4.79 Å². The summed E-state index contributed by atoms with van der Waals surface area (Å²) in [5.41, 5.74) is -4.56. The number of rotatable bonds is 8. The van der Waals surface area contributed by atoms with Crippen LogP contribution in [0, 0.1) is 0 Å². The third-order valence-electron chi connectivity index (χ3n) is 3.52. The maximum Gasteiger partial charge on any atom is 0.511 e. The molecule has 1 aromatic carbocycles. The summed E-state index contributed by atoms with van der Waals surface area (Å²) in [6.07, 6.45) is 1.17. The largest absolute Gasteiger partial charge is 0.511 e. The second-order valence-electron chi connectivity index (χ2n) is 5.96. The van der Waals surface area contributed by atoms with Gasteiger partial charge in [-0.1, -0.05) is 41.9 Å². The first-order valence-electron chi connectivity index (χ1n) is 8.18. The lowest BCUT2D eigenvalue weighted by molar-refractivity contribution is -0.0451. The molecule has 0 saturated carbocycles. The summed E-state index contributed by atoms with van der Waals surface area (Å²) in [5, 5.41) is 2.57. The maximum atomic E-state index is 12.4. The highest BCUT2D eigenvalue weighted by atomic mass is 35.5. The number of alkyl halides is 3. The van der Waals surface area contributed by atoms with E-state index in [9.17, 15) is 26.4 Å². The highest BCUT2D eigenvalue weighted by Gasteiger charge is 2.46. The number of aromatic nitrogens is 1. The molecule has 158 valence electrons. The van der Waals surface area contributed by atoms with E-state index in [1.807, 2.05) is 30.3 Å². The van der Waals surface area contributed by atoms with Crippen molar-refractivity contribution >= 4 is 27.5 Å². The Morgan fingerprint density at radius 2 is 1.93 bits per heavy atom. The maximum absolute atomic E-state index is 12.4. The molecule has 0 aliphatic heterocycles. The van der Waals surface area contributed by atoms with E-state index >= 15 is 0 Å². The third-order valence-corrected chi connectivity index (χ3v) is 5.14. The van der Waals surface area contributed by atoms with Crippen molar-refractivity contribution in [2.45, 2.75) is 25.0 Å². The van der Waals surface area contributed by atoms with E-state index in [2.05, 4.69) is 10.3 Å². The van der Waals surface area contributed by atoms with Crippen molar-refractivity contribution < 1.29 is 31.1 Å². The zero-order valence-electron chi connectivity index (χ0n) is 15.0. The molecule has 0 spiro atoms. The quantitative estimate of drug-likeness (QED) is 0.601. The average molecular weight is 452 g/mol. The Balaban J connectivity index is 1.98. The molecule has 2 aromatic rings. The van der Waals surface area contributed by atoms with Crippen molar-refractivity contribution in [3.8, 4) is 5.75 Å². The first kappa shape index (κ1) is 22.9. The molecular formula is C17H17ClF3N3O4S. The fraction of sp³-hybridized carbons (Fsp3) is 0.294. The van der Waals surface area contributed by atoms with Crippen LogP contribution in [0.5, 0.6) is 5.75 Å². The molecule has 0 fully saturated rings. The smallest absolute Gasteiger partial charge is 0.490 e. The van der Waals surface area contributed by atoms with Crippen molar-refractivity contribution in [2.75, 3.05) is 6.61 Å². The van der Waals surface area contributed by atoms with Crippen LogP contribution < -0.4 is 14.8 Å². The van der Waals surface area contributed by atoms with Crippen molar-refractivity contribution in [3.05, 3.63) is 58.9 Å². The summed E-state index contributed by atoms with van der Waals surface area (Å²) < 4.78 is 66.0. The number of halogens is 4. The van der Waals surface area contributed by atoms with E-state index in [0.717, 1.165) is 5.56 Å². The molecule has 2 rings (SSSR count). The second-order valence-corrected chi connectivity index (χ2v) is 8.02. The predicted molar refractivity (Wildman–Crippen MR) is 99.9 cm³/mol. The number of pyridine rings is 1. The van der Waals surface area contributed by atoms with Crippen LogP contribution in [0.4, 0.5) is 13.2 Å². The monoisotopic (exact) mass is 451 g/mol. The number of hydrogen-bond acceptors (Lipinski definition) is 5. The van der Waals surface area contributed by atoms with Crippen molar-refractivity contribution in [1.29, 1.82) is 0 Å². The van der Waals surface area contributed by atoms with E-state index in [1.54, 1.807) is 0 Å². The summed E-state index contributed by atoms with van der Waals surface area (Å²) in [5.74, 6) is -0.486. The molecule has 1 aromatic heterocycles. The lowest BCUT2D eigenvalue weighted by atomic mass is 10.2. The SMILES string of the molecule is C[C@@H](COc1cnc(Cl)c(C(=O)NCc2ccccc2)c1)NS(=O)(=O)C(F)(F)F. The number of ether oxygens (including phenoxy) is 1. The summed E-state index contributed by atoms with van der Waals surface area (Å²) in [4.78, 5) is 16.1. The molecule has 7 nitrogen and oxygen atoms in total. The lowest BCUT2D eigenvalue weighted by Gasteiger charge is -2.16. The summed E-state index contributed by atoms with van der Waals surface area (Å²) in [6, 6.07) is 9.19. The van der Waals surface area contributed by atoms with Gasteiger partial charge in [0.2, 0.25) is 0 Å². The molecule has 1 heterocycles. The summed E-state index contributed by atoms with van der Waals surface area (Å²) in [7, 11) is -5.49. The van der Waals surface area contributed by atoms with Gasteiger partial charge >= 0.3 is 15.5 Å². The summed E-state index contributed by atoms with van der Waals surface area (Å²) in [6.45, 7) is 1.02. The van der Waals surface area contributed by atoms with Gasteiger partial charge in [0.05, 0.1) is 17.8 Å². The van der Waals surface area contributed by atoms with Crippen LogP contribution in [0.3, 0.4) is 0 Å². The van der Waals surface area contributed by atoms with Gasteiger partial charge in [-0.2, -0.15) is 13.2 Å². The van der Waals surface area contributed by atoms with Crippen LogP contribution >= 0.6 is 11.6 Å². The Morgan fingerprint density at radius 1 is 1.28 bits per heavy atom. The van der Waals surface area contributed by atoms with Gasteiger partial charge in [-0.05, 0) is 18.6 Å². The van der Waals surface area contributed by atoms with Gasteiger partial charge in [-0.15, -0.1) is 0 Å². The molecule has 0 saturated heterocycles. The molecular weight excluding hydrogens is 435 g/mol. The first-order chi connectivity index (χ1) is 13.5. The molecule has 0 aliphatic carbocycles. The van der Waals surface area contributed by atoms with Crippen molar-refractivity contribution in [2.24, 2.45) is 0 Å². The van der Waals surface area contributed by atoms with E-state index in [1.165, 1.54) is 23.9 Å². The lowest BCUT2D eigenvalue weighted by Crippen LogP contribution is -2.43. The van der Waals surface area contributed by atoms with Gasteiger partial charge in [0.1, 0.15) is 17.5 Å². The van der Waals surface area contributed by atoms with E-state index < -0.39 is 34.1 Å². The standard InChI is InChI=1S/C17H17ClF3N3O4S/c1-11(24-29(26,27)17(19,20)21)10-28-13-7-14(15(18)22-9-13)16(25)23-8-12-5-3-2-4-6-12/h2-7,9,11,24H,8,10H2,1H3,(H,23,25)/t11-/m0/s1. The van der Waals surface area contributed by atoms with Crippen molar-refractivity contribution in [1.82, 2.24) is 15.0 Å². The number of carbonyl (C=O) groups excluding carboxylic acids is 1. The zero-order chi connectivity index (χ0) is 21.7. The van der Waals surface area contributed by atoms with Crippen LogP contribution in [0.2, 0.25) is 5.15 Å². The minimum atomic E-state index is -5.49. The Morgan fingerprint density at radius 3 is 2.55 bits per heavy atom. The van der Waals surface area contributed by atoms with Crippen LogP contribution in [0.1, 0.15) is 22.8 Å². The molecule has 0 aliphatic rings. The van der Waals surface area contributed by atoms with Crippen LogP contribution in [0.25, 0.3) is 0 Å². The number of carbonyl (C=O) groups is 1. The van der Waals surface area contributed by atoms with Gasteiger partial charge in [0.25, 0.3) is 5.91 Å². The molecule has 29 heavy (non-hydrogen) atoms. The van der Waals surface area contributed by atoms with Gasteiger partial charge in [0.15, 0.2) is 0 Å². The second kappa shape index (κ2) is 9.42. The molecule has 0 radical (unpaired) electrons. The number of nitrogens with one attached hydrogen (secondary N) is 2. The van der Waals surface area contributed by atoms with Gasteiger partial charge in [-0.25, -0.2) is 18.1 Å². The minimum Gasteiger partial charge on any atom is -0.490 e. The number of benzene rings is 1. The van der Waals surface area contributed by atoms with Crippen molar-refractivity contribution in [3.63, 3.8) is 0 Å². The minimum absolute atomic E-state index is 0.00335. The average Bonchev–Trinajstić information content (AvgIpc) is 2.65. The van der Waals surface area contributed by atoms with E-state index in [-0.39, 0.29) is 23.0 Å². The molecule has 0 unspecified atom stereocenters.